The van der Waals surface area contributed by atoms with Gasteiger partial charge >= 0.3 is 5.97 Å². The van der Waals surface area contributed by atoms with Crippen LogP contribution in [0, 0.1) is 20.8 Å². The van der Waals surface area contributed by atoms with E-state index in [0.717, 1.165) is 18.7 Å². The molecule has 0 aliphatic heterocycles. The molecule has 5 heteroatoms. The Balaban J connectivity index is 1.91. The van der Waals surface area contributed by atoms with Crippen molar-refractivity contribution in [3.63, 3.8) is 0 Å². The maximum absolute atomic E-state index is 11.1. The molecule has 0 atom stereocenters. The summed E-state index contributed by atoms with van der Waals surface area (Å²) in [7, 11) is 0. The summed E-state index contributed by atoms with van der Waals surface area (Å²) < 4.78 is 7.54. The lowest BCUT2D eigenvalue weighted by Crippen LogP contribution is -2.09. The maximum Gasteiger partial charge on any atom is 0.339 e. The molecule has 5 nitrogen and oxygen atoms in total. The molecule has 2 rings (SSSR count). The minimum absolute atomic E-state index is 0.194. The van der Waals surface area contributed by atoms with Gasteiger partial charge in [-0.15, -0.1) is 0 Å². The summed E-state index contributed by atoms with van der Waals surface area (Å²) in [4.78, 5) is 11.1. The largest absolute Gasteiger partial charge is 0.493 e. The highest BCUT2D eigenvalue weighted by atomic mass is 16.5. The second kappa shape index (κ2) is 6.43. The fraction of sp³-hybridized carbons (Fsp3) is 0.375. The van der Waals surface area contributed by atoms with Crippen molar-refractivity contribution >= 4 is 5.97 Å². The van der Waals surface area contributed by atoms with Crippen molar-refractivity contribution in [2.24, 2.45) is 0 Å². The highest BCUT2D eigenvalue weighted by Crippen LogP contribution is 2.18. The van der Waals surface area contributed by atoms with E-state index in [1.807, 2.05) is 11.6 Å². The number of aromatic nitrogens is 2. The first kappa shape index (κ1) is 15.1. The van der Waals surface area contributed by atoms with Crippen molar-refractivity contribution in [3.05, 3.63) is 46.8 Å². The minimum atomic E-state index is -0.972. The van der Waals surface area contributed by atoms with Crippen LogP contribution < -0.4 is 4.74 Å². The summed E-state index contributed by atoms with van der Waals surface area (Å²) in [5, 5.41) is 13.5. The van der Waals surface area contributed by atoms with Gasteiger partial charge in [0.05, 0.1) is 12.3 Å². The molecule has 0 amide bonds. The van der Waals surface area contributed by atoms with Crippen molar-refractivity contribution in [3.8, 4) is 5.75 Å². The Morgan fingerprint density at radius 3 is 2.62 bits per heavy atom. The highest BCUT2D eigenvalue weighted by Gasteiger charge is 2.10. The number of nitrogens with zero attached hydrogens (tertiary/aromatic N) is 2. The van der Waals surface area contributed by atoms with Crippen molar-refractivity contribution in [2.45, 2.75) is 33.7 Å². The molecule has 0 saturated carbocycles. The van der Waals surface area contributed by atoms with Crippen LogP contribution in [-0.2, 0) is 6.54 Å². The van der Waals surface area contributed by atoms with E-state index in [1.165, 1.54) is 11.3 Å². The lowest BCUT2D eigenvalue weighted by atomic mass is 10.2. The Morgan fingerprint density at radius 1 is 1.29 bits per heavy atom. The lowest BCUT2D eigenvalue weighted by molar-refractivity contribution is 0.0692. The molecule has 112 valence electrons. The zero-order chi connectivity index (χ0) is 15.4. The van der Waals surface area contributed by atoms with Gasteiger partial charge in [-0.1, -0.05) is 12.1 Å². The lowest BCUT2D eigenvalue weighted by Gasteiger charge is -2.09. The third kappa shape index (κ3) is 3.42. The molecule has 0 spiro atoms. The summed E-state index contributed by atoms with van der Waals surface area (Å²) in [5.74, 6) is -0.561. The van der Waals surface area contributed by atoms with E-state index in [2.05, 4.69) is 18.9 Å². The van der Waals surface area contributed by atoms with Crippen LogP contribution in [0.5, 0.6) is 5.75 Å². The number of rotatable bonds is 6. The quantitative estimate of drug-likeness (QED) is 0.830. The van der Waals surface area contributed by atoms with Gasteiger partial charge < -0.3 is 9.84 Å². The summed E-state index contributed by atoms with van der Waals surface area (Å²) >= 11 is 0. The van der Waals surface area contributed by atoms with Crippen LogP contribution in [0.2, 0.25) is 0 Å². The van der Waals surface area contributed by atoms with E-state index in [9.17, 15) is 4.79 Å². The second-order valence-corrected chi connectivity index (χ2v) is 5.02. The number of aryl methyl sites for hydroxylation is 2. The molecule has 1 N–H and O–H groups in total. The van der Waals surface area contributed by atoms with E-state index < -0.39 is 5.97 Å². The Kier molecular flexibility index (Phi) is 4.62. The second-order valence-electron chi connectivity index (χ2n) is 5.02. The number of para-hydroxylation sites is 1. The SMILES string of the molecule is Cc1nn(CCCOc2ccccc2C(=O)O)c(C)c1C. The van der Waals surface area contributed by atoms with Crippen LogP contribution in [0.1, 0.15) is 33.7 Å². The molecular weight excluding hydrogens is 268 g/mol. The first-order valence-corrected chi connectivity index (χ1v) is 6.96. The van der Waals surface area contributed by atoms with Gasteiger partial charge in [0.1, 0.15) is 11.3 Å². The van der Waals surface area contributed by atoms with E-state index in [0.29, 0.717) is 12.4 Å². The van der Waals surface area contributed by atoms with Crippen molar-refractivity contribution in [1.29, 1.82) is 0 Å². The van der Waals surface area contributed by atoms with E-state index in [4.69, 9.17) is 9.84 Å². The van der Waals surface area contributed by atoms with Crippen molar-refractivity contribution in [2.75, 3.05) is 6.61 Å². The van der Waals surface area contributed by atoms with Gasteiger partial charge in [0.25, 0.3) is 0 Å². The van der Waals surface area contributed by atoms with Crippen molar-refractivity contribution in [1.82, 2.24) is 9.78 Å². The molecule has 1 aromatic carbocycles. The summed E-state index contributed by atoms with van der Waals surface area (Å²) in [6.07, 6.45) is 0.773. The molecule has 0 radical (unpaired) electrons. The zero-order valence-electron chi connectivity index (χ0n) is 12.6. The molecule has 0 aliphatic carbocycles. The molecule has 0 bridgehead atoms. The van der Waals surface area contributed by atoms with Gasteiger partial charge in [0.2, 0.25) is 0 Å². The number of hydrogen-bond donors (Lipinski definition) is 1. The zero-order valence-corrected chi connectivity index (χ0v) is 12.6. The predicted molar refractivity (Wildman–Crippen MR) is 80.0 cm³/mol. The van der Waals surface area contributed by atoms with E-state index >= 15 is 0 Å². The number of hydrogen-bond acceptors (Lipinski definition) is 3. The van der Waals surface area contributed by atoms with Crippen LogP contribution in [-0.4, -0.2) is 27.5 Å². The van der Waals surface area contributed by atoms with Gasteiger partial charge in [-0.3, -0.25) is 4.68 Å². The predicted octanol–water partition coefficient (Wildman–Crippen LogP) is 2.98. The number of ether oxygens (including phenoxy) is 1. The molecule has 0 fully saturated rings. The molecule has 0 saturated heterocycles. The maximum atomic E-state index is 11.1. The Morgan fingerprint density at radius 2 is 2.00 bits per heavy atom. The Labute approximate surface area is 124 Å². The number of carboxylic acids is 1. The molecule has 0 aliphatic rings. The molecule has 2 aromatic rings. The Hall–Kier alpha value is -2.30. The normalized spacial score (nSPS) is 10.6. The number of aromatic carboxylic acids is 1. The highest BCUT2D eigenvalue weighted by molar-refractivity contribution is 5.90. The minimum Gasteiger partial charge on any atom is -0.493 e. The van der Waals surface area contributed by atoms with Gasteiger partial charge in [-0.05, 0) is 38.5 Å². The fourth-order valence-electron chi connectivity index (χ4n) is 2.17. The number of carbonyl (C=O) groups is 1. The molecular formula is C16H20N2O3. The van der Waals surface area contributed by atoms with Gasteiger partial charge in [0, 0.05) is 18.7 Å². The third-order valence-electron chi connectivity index (χ3n) is 3.63. The van der Waals surface area contributed by atoms with Crippen LogP contribution >= 0.6 is 0 Å². The fourth-order valence-corrected chi connectivity index (χ4v) is 2.17. The smallest absolute Gasteiger partial charge is 0.339 e. The van der Waals surface area contributed by atoms with E-state index in [-0.39, 0.29) is 5.56 Å². The monoisotopic (exact) mass is 288 g/mol. The average Bonchev–Trinajstić information content (AvgIpc) is 2.71. The van der Waals surface area contributed by atoms with Crippen LogP contribution in [0.4, 0.5) is 0 Å². The summed E-state index contributed by atoms with van der Waals surface area (Å²) in [6.45, 7) is 7.33. The number of benzene rings is 1. The molecule has 1 heterocycles. The molecule has 1 aromatic heterocycles. The van der Waals surface area contributed by atoms with Gasteiger partial charge in [-0.2, -0.15) is 5.10 Å². The molecule has 0 unspecified atom stereocenters. The topological polar surface area (TPSA) is 64.4 Å². The molecule has 21 heavy (non-hydrogen) atoms. The van der Waals surface area contributed by atoms with E-state index in [1.54, 1.807) is 24.3 Å². The van der Waals surface area contributed by atoms with Gasteiger partial charge in [-0.25, -0.2) is 4.79 Å². The summed E-state index contributed by atoms with van der Waals surface area (Å²) in [5.41, 5.74) is 3.62. The summed E-state index contributed by atoms with van der Waals surface area (Å²) in [6, 6.07) is 6.68. The standard InChI is InChI=1S/C16H20N2O3/c1-11-12(2)17-18(13(11)3)9-6-10-21-15-8-5-4-7-14(15)16(19)20/h4-5,7-8H,6,9-10H2,1-3H3,(H,19,20). The first-order valence-electron chi connectivity index (χ1n) is 6.96. The average molecular weight is 288 g/mol. The van der Waals surface area contributed by atoms with Crippen LogP contribution in [0.25, 0.3) is 0 Å². The first-order chi connectivity index (χ1) is 10.0. The number of carboxylic acid groups (broad SMARTS) is 1. The van der Waals surface area contributed by atoms with Crippen molar-refractivity contribution < 1.29 is 14.6 Å². The van der Waals surface area contributed by atoms with Crippen LogP contribution in [0.3, 0.4) is 0 Å². The van der Waals surface area contributed by atoms with Crippen LogP contribution in [0.15, 0.2) is 24.3 Å². The Bertz CT molecular complexity index is 647. The third-order valence-corrected chi connectivity index (χ3v) is 3.63. The van der Waals surface area contributed by atoms with Gasteiger partial charge in [0.15, 0.2) is 0 Å².